The molecule has 4 rings (SSSR count). The molecule has 2 aromatic carbocycles. The van der Waals surface area contributed by atoms with Crippen molar-refractivity contribution in [3.8, 4) is 11.6 Å². The summed E-state index contributed by atoms with van der Waals surface area (Å²) in [6, 6.07) is 24.2. The summed E-state index contributed by atoms with van der Waals surface area (Å²) in [5.74, 6) is 1.71. The van der Waals surface area contributed by atoms with Crippen LogP contribution in [-0.4, -0.2) is 44.9 Å². The van der Waals surface area contributed by atoms with Gasteiger partial charge < -0.3 is 9.32 Å². The highest BCUT2D eigenvalue weighted by Gasteiger charge is 2.18. The number of hydrogen-bond donors (Lipinski definition) is 0. The zero-order valence-corrected chi connectivity index (χ0v) is 18.9. The van der Waals surface area contributed by atoms with Crippen molar-refractivity contribution in [2.24, 2.45) is 0 Å². The second kappa shape index (κ2) is 10.8. The van der Waals surface area contributed by atoms with E-state index in [4.69, 9.17) is 4.42 Å². The predicted molar refractivity (Wildman–Crippen MR) is 126 cm³/mol. The van der Waals surface area contributed by atoms with Crippen molar-refractivity contribution in [1.29, 1.82) is 0 Å². The largest absolute Gasteiger partial charge is 0.461 e. The molecule has 0 saturated heterocycles. The van der Waals surface area contributed by atoms with Gasteiger partial charge in [0.15, 0.2) is 10.9 Å². The Morgan fingerprint density at radius 2 is 1.69 bits per heavy atom. The quantitative estimate of drug-likeness (QED) is 0.328. The Morgan fingerprint density at radius 3 is 2.38 bits per heavy atom. The van der Waals surface area contributed by atoms with Crippen LogP contribution in [0.2, 0.25) is 0 Å². The highest BCUT2D eigenvalue weighted by Crippen LogP contribution is 2.25. The van der Waals surface area contributed by atoms with Crippen LogP contribution in [-0.2, 0) is 17.8 Å². The molecule has 0 bridgehead atoms. The minimum absolute atomic E-state index is 0.0804. The standard InChI is InChI=1S/C25H26N4O2S/c1-28(16-8-14-20-10-4-2-5-11-20)23(30)19-32-25-27-26-24(22-15-9-17-31-22)29(25)18-21-12-6-3-7-13-21/h2-7,9-13,15,17H,8,14,16,18-19H2,1H3. The summed E-state index contributed by atoms with van der Waals surface area (Å²) in [6.45, 7) is 1.33. The number of nitrogens with zero attached hydrogens (tertiary/aromatic N) is 4. The van der Waals surface area contributed by atoms with E-state index in [9.17, 15) is 4.79 Å². The number of aryl methyl sites for hydroxylation is 1. The molecule has 7 heteroatoms. The van der Waals surface area contributed by atoms with E-state index in [1.54, 1.807) is 11.2 Å². The Labute approximate surface area is 192 Å². The van der Waals surface area contributed by atoms with Crippen molar-refractivity contribution in [2.45, 2.75) is 24.5 Å². The lowest BCUT2D eigenvalue weighted by Crippen LogP contribution is -2.29. The van der Waals surface area contributed by atoms with Crippen molar-refractivity contribution in [3.05, 3.63) is 90.2 Å². The Morgan fingerprint density at radius 1 is 0.969 bits per heavy atom. The van der Waals surface area contributed by atoms with Crippen molar-refractivity contribution in [1.82, 2.24) is 19.7 Å². The van der Waals surface area contributed by atoms with E-state index in [1.165, 1.54) is 17.3 Å². The third kappa shape index (κ3) is 5.68. The summed E-state index contributed by atoms with van der Waals surface area (Å²) in [5.41, 5.74) is 2.42. The first kappa shape index (κ1) is 21.9. The van der Waals surface area contributed by atoms with Gasteiger partial charge in [0.05, 0.1) is 18.6 Å². The number of furan rings is 1. The number of carbonyl (C=O) groups is 1. The molecule has 0 spiro atoms. The fraction of sp³-hybridized carbons (Fsp3) is 0.240. The monoisotopic (exact) mass is 446 g/mol. The first-order valence-corrected chi connectivity index (χ1v) is 11.6. The van der Waals surface area contributed by atoms with Crippen molar-refractivity contribution in [3.63, 3.8) is 0 Å². The second-order valence-corrected chi connectivity index (χ2v) is 8.49. The molecule has 0 fully saturated rings. The lowest BCUT2D eigenvalue weighted by molar-refractivity contribution is -0.127. The molecule has 0 saturated carbocycles. The molecule has 0 radical (unpaired) electrons. The van der Waals surface area contributed by atoms with Gasteiger partial charge in [0.2, 0.25) is 11.7 Å². The van der Waals surface area contributed by atoms with Gasteiger partial charge in [0.1, 0.15) is 0 Å². The van der Waals surface area contributed by atoms with Crippen LogP contribution in [0.1, 0.15) is 17.5 Å². The van der Waals surface area contributed by atoms with E-state index < -0.39 is 0 Å². The van der Waals surface area contributed by atoms with Crippen LogP contribution < -0.4 is 0 Å². The topological polar surface area (TPSA) is 64.2 Å². The molecular formula is C25H26N4O2S. The van der Waals surface area contributed by atoms with Gasteiger partial charge in [-0.25, -0.2) is 0 Å². The van der Waals surface area contributed by atoms with Crippen LogP contribution in [0.25, 0.3) is 11.6 Å². The zero-order valence-electron chi connectivity index (χ0n) is 18.1. The third-order valence-electron chi connectivity index (χ3n) is 5.19. The van der Waals surface area contributed by atoms with Crippen LogP contribution in [0, 0.1) is 0 Å². The van der Waals surface area contributed by atoms with Gasteiger partial charge in [-0.1, -0.05) is 72.4 Å². The Hall–Kier alpha value is -3.32. The first-order chi connectivity index (χ1) is 15.7. The highest BCUT2D eigenvalue weighted by atomic mass is 32.2. The van der Waals surface area contributed by atoms with Gasteiger partial charge in [-0.15, -0.1) is 10.2 Å². The lowest BCUT2D eigenvalue weighted by Gasteiger charge is -2.17. The fourth-order valence-corrected chi connectivity index (χ4v) is 4.30. The molecule has 164 valence electrons. The summed E-state index contributed by atoms with van der Waals surface area (Å²) >= 11 is 1.41. The van der Waals surface area contributed by atoms with E-state index in [1.807, 2.05) is 60.1 Å². The van der Waals surface area contributed by atoms with Crippen LogP contribution in [0.15, 0.2) is 88.6 Å². The van der Waals surface area contributed by atoms with Gasteiger partial charge in [0.25, 0.3) is 0 Å². The number of rotatable bonds is 10. The Kier molecular flexibility index (Phi) is 7.40. The number of benzene rings is 2. The van der Waals surface area contributed by atoms with E-state index in [0.29, 0.717) is 29.0 Å². The van der Waals surface area contributed by atoms with E-state index in [2.05, 4.69) is 34.5 Å². The maximum atomic E-state index is 12.7. The number of amides is 1. The lowest BCUT2D eigenvalue weighted by atomic mass is 10.1. The molecular weight excluding hydrogens is 420 g/mol. The van der Waals surface area contributed by atoms with Gasteiger partial charge >= 0.3 is 0 Å². The van der Waals surface area contributed by atoms with Crippen LogP contribution >= 0.6 is 11.8 Å². The molecule has 2 heterocycles. The summed E-state index contributed by atoms with van der Waals surface area (Å²) in [7, 11) is 1.86. The number of hydrogen-bond acceptors (Lipinski definition) is 5. The molecule has 0 aliphatic heterocycles. The van der Waals surface area contributed by atoms with Gasteiger partial charge in [0, 0.05) is 13.6 Å². The summed E-state index contributed by atoms with van der Waals surface area (Å²) < 4.78 is 7.55. The maximum Gasteiger partial charge on any atom is 0.232 e. The zero-order chi connectivity index (χ0) is 22.2. The second-order valence-electron chi connectivity index (χ2n) is 7.55. The molecule has 1 amide bonds. The summed E-state index contributed by atoms with van der Waals surface area (Å²) in [5, 5.41) is 9.38. The number of aromatic nitrogens is 3. The number of thioether (sulfide) groups is 1. The SMILES string of the molecule is CN(CCCc1ccccc1)C(=O)CSc1nnc(-c2ccco2)n1Cc1ccccc1. The van der Waals surface area contributed by atoms with Gasteiger partial charge in [-0.2, -0.15) is 0 Å². The minimum atomic E-state index is 0.0804. The van der Waals surface area contributed by atoms with E-state index in [-0.39, 0.29) is 5.91 Å². The third-order valence-corrected chi connectivity index (χ3v) is 6.15. The average molecular weight is 447 g/mol. The molecule has 32 heavy (non-hydrogen) atoms. The Balaban J connectivity index is 1.38. The van der Waals surface area contributed by atoms with Crippen molar-refractivity contribution >= 4 is 17.7 Å². The molecule has 2 aromatic heterocycles. The molecule has 0 atom stereocenters. The van der Waals surface area contributed by atoms with Crippen LogP contribution in [0.5, 0.6) is 0 Å². The van der Waals surface area contributed by atoms with Gasteiger partial charge in [-0.05, 0) is 36.1 Å². The highest BCUT2D eigenvalue weighted by molar-refractivity contribution is 7.99. The number of carbonyl (C=O) groups excluding carboxylic acids is 1. The normalized spacial score (nSPS) is 10.9. The van der Waals surface area contributed by atoms with Crippen molar-refractivity contribution < 1.29 is 9.21 Å². The van der Waals surface area contributed by atoms with Gasteiger partial charge in [-0.3, -0.25) is 9.36 Å². The van der Waals surface area contributed by atoms with Crippen LogP contribution in [0.3, 0.4) is 0 Å². The molecule has 0 unspecified atom stereocenters. The molecule has 0 aliphatic rings. The van der Waals surface area contributed by atoms with E-state index in [0.717, 1.165) is 24.9 Å². The summed E-state index contributed by atoms with van der Waals surface area (Å²) in [4.78, 5) is 14.5. The smallest absolute Gasteiger partial charge is 0.232 e. The first-order valence-electron chi connectivity index (χ1n) is 10.6. The van der Waals surface area contributed by atoms with E-state index >= 15 is 0 Å². The maximum absolute atomic E-state index is 12.7. The fourth-order valence-electron chi connectivity index (χ4n) is 3.42. The van der Waals surface area contributed by atoms with Crippen LogP contribution in [0.4, 0.5) is 0 Å². The minimum Gasteiger partial charge on any atom is -0.461 e. The summed E-state index contributed by atoms with van der Waals surface area (Å²) in [6.07, 6.45) is 3.52. The molecule has 0 aliphatic carbocycles. The molecule has 6 nitrogen and oxygen atoms in total. The molecule has 4 aromatic rings. The predicted octanol–water partition coefficient (Wildman–Crippen LogP) is 4.77. The van der Waals surface area contributed by atoms with Crippen molar-refractivity contribution in [2.75, 3.05) is 19.3 Å². The molecule has 0 N–H and O–H groups in total. The Bertz CT molecular complexity index is 1110. The average Bonchev–Trinajstić information content (AvgIpc) is 3.49.